The molecule has 0 bridgehead atoms. The van der Waals surface area contributed by atoms with Crippen LogP contribution in [0.1, 0.15) is 6.92 Å². The predicted molar refractivity (Wildman–Crippen MR) is 39.3 cm³/mol. The third-order valence-corrected chi connectivity index (χ3v) is 1.00. The molecule has 0 atom stereocenters. The van der Waals surface area contributed by atoms with Crippen molar-refractivity contribution in [3.63, 3.8) is 0 Å². The highest BCUT2D eigenvalue weighted by Crippen LogP contribution is 1.86. The lowest BCUT2D eigenvalue weighted by Crippen LogP contribution is -2.26. The summed E-state index contributed by atoms with van der Waals surface area (Å²) >= 11 is 0. The number of aliphatic imine (C=N–C) groups is 1. The van der Waals surface area contributed by atoms with E-state index in [4.69, 9.17) is 5.11 Å². The van der Waals surface area contributed by atoms with Crippen LogP contribution in [0, 0.1) is 0 Å². The Morgan fingerprint density at radius 3 is 2.80 bits per heavy atom. The summed E-state index contributed by atoms with van der Waals surface area (Å²) in [5.41, 5.74) is 0. The second-order valence-corrected chi connectivity index (χ2v) is 1.82. The van der Waals surface area contributed by atoms with E-state index in [1.54, 1.807) is 14.0 Å². The minimum Gasteiger partial charge on any atom is -0.395 e. The molecule has 0 fully saturated rings. The van der Waals surface area contributed by atoms with E-state index in [9.17, 15) is 4.79 Å². The van der Waals surface area contributed by atoms with E-state index in [-0.39, 0.29) is 12.6 Å². The van der Waals surface area contributed by atoms with Crippen molar-refractivity contribution in [1.29, 1.82) is 0 Å². The quantitative estimate of drug-likeness (QED) is 0.560. The van der Waals surface area contributed by atoms with Gasteiger partial charge in [0.05, 0.1) is 6.61 Å². The maximum absolute atomic E-state index is 10.7. The highest BCUT2D eigenvalue weighted by atomic mass is 16.3. The zero-order valence-electron chi connectivity index (χ0n) is 6.24. The Hall–Kier alpha value is -0.900. The first kappa shape index (κ1) is 9.10. The lowest BCUT2D eigenvalue weighted by Gasteiger charge is -2.10. The smallest absolute Gasteiger partial charge is 0.342 e. The topological polar surface area (TPSA) is 52.9 Å². The Bertz CT molecular complexity index is 134. The standard InChI is InChI=1S/C6H12N2O2/c1-3-7-6(10)8(2)4-5-9/h3,9H,4-5H2,1-2H3/b7-3+. The van der Waals surface area contributed by atoms with Gasteiger partial charge in [-0.1, -0.05) is 0 Å². The zero-order chi connectivity index (χ0) is 7.98. The number of urea groups is 1. The Labute approximate surface area is 60.2 Å². The molecule has 0 radical (unpaired) electrons. The van der Waals surface area contributed by atoms with E-state index in [1.165, 1.54) is 11.1 Å². The summed E-state index contributed by atoms with van der Waals surface area (Å²) in [7, 11) is 1.59. The van der Waals surface area contributed by atoms with E-state index in [0.29, 0.717) is 6.54 Å². The van der Waals surface area contributed by atoms with Crippen molar-refractivity contribution in [3.8, 4) is 0 Å². The SMILES string of the molecule is C/C=N/C(=O)N(C)CCO. The molecule has 0 aromatic carbocycles. The summed E-state index contributed by atoms with van der Waals surface area (Å²) in [6.07, 6.45) is 1.43. The van der Waals surface area contributed by atoms with Crippen LogP contribution in [-0.4, -0.2) is 42.5 Å². The Balaban J connectivity index is 3.70. The van der Waals surface area contributed by atoms with Crippen LogP contribution < -0.4 is 0 Å². The summed E-state index contributed by atoms with van der Waals surface area (Å²) in [5, 5.41) is 8.41. The van der Waals surface area contributed by atoms with E-state index >= 15 is 0 Å². The normalized spacial score (nSPS) is 10.3. The number of carbonyl (C=O) groups excluding carboxylic acids is 1. The fourth-order valence-corrected chi connectivity index (χ4v) is 0.455. The third kappa shape index (κ3) is 3.19. The van der Waals surface area contributed by atoms with Crippen LogP contribution in [-0.2, 0) is 0 Å². The van der Waals surface area contributed by atoms with Gasteiger partial charge in [-0.15, -0.1) is 0 Å². The molecule has 58 valence electrons. The molecule has 0 aromatic rings. The molecule has 4 nitrogen and oxygen atoms in total. The fourth-order valence-electron chi connectivity index (χ4n) is 0.455. The van der Waals surface area contributed by atoms with Crippen molar-refractivity contribution < 1.29 is 9.90 Å². The number of rotatable bonds is 2. The van der Waals surface area contributed by atoms with Crippen LogP contribution in [0.3, 0.4) is 0 Å². The van der Waals surface area contributed by atoms with Crippen molar-refractivity contribution in [2.24, 2.45) is 4.99 Å². The van der Waals surface area contributed by atoms with Crippen LogP contribution in [0.2, 0.25) is 0 Å². The molecule has 2 amide bonds. The van der Waals surface area contributed by atoms with Gasteiger partial charge < -0.3 is 10.0 Å². The van der Waals surface area contributed by atoms with Gasteiger partial charge in [0.15, 0.2) is 0 Å². The number of aliphatic hydroxyl groups is 1. The molecule has 10 heavy (non-hydrogen) atoms. The number of hydrogen-bond acceptors (Lipinski definition) is 2. The van der Waals surface area contributed by atoms with Crippen molar-refractivity contribution in [3.05, 3.63) is 0 Å². The molecule has 0 aliphatic carbocycles. The van der Waals surface area contributed by atoms with Gasteiger partial charge in [-0.2, -0.15) is 0 Å². The molecule has 0 aliphatic heterocycles. The van der Waals surface area contributed by atoms with Crippen molar-refractivity contribution in [1.82, 2.24) is 4.90 Å². The number of nitrogens with zero attached hydrogens (tertiary/aromatic N) is 2. The van der Waals surface area contributed by atoms with Gasteiger partial charge in [0.2, 0.25) is 0 Å². The highest BCUT2D eigenvalue weighted by molar-refractivity contribution is 5.82. The first-order valence-corrected chi connectivity index (χ1v) is 3.07. The summed E-state index contributed by atoms with van der Waals surface area (Å²) < 4.78 is 0. The predicted octanol–water partition coefficient (Wildman–Crippen LogP) is 0.121. The van der Waals surface area contributed by atoms with Crippen LogP contribution in [0.15, 0.2) is 4.99 Å². The molecular formula is C6H12N2O2. The molecule has 0 unspecified atom stereocenters. The van der Waals surface area contributed by atoms with Gasteiger partial charge in [0.25, 0.3) is 0 Å². The lowest BCUT2D eigenvalue weighted by molar-refractivity contribution is 0.199. The van der Waals surface area contributed by atoms with E-state index < -0.39 is 0 Å². The summed E-state index contributed by atoms with van der Waals surface area (Å²) in [5.74, 6) is 0. The minimum absolute atomic E-state index is 0.0263. The Kier molecular flexibility index (Phi) is 4.49. The monoisotopic (exact) mass is 144 g/mol. The highest BCUT2D eigenvalue weighted by Gasteiger charge is 2.02. The number of aliphatic hydroxyl groups excluding tert-OH is 1. The molecular weight excluding hydrogens is 132 g/mol. The second-order valence-electron chi connectivity index (χ2n) is 1.82. The van der Waals surface area contributed by atoms with Crippen molar-refractivity contribution in [2.75, 3.05) is 20.2 Å². The molecule has 0 rings (SSSR count). The van der Waals surface area contributed by atoms with Crippen molar-refractivity contribution >= 4 is 12.2 Å². The lowest BCUT2D eigenvalue weighted by atomic mass is 10.6. The average Bonchev–Trinajstić information content (AvgIpc) is 1.89. The van der Waals surface area contributed by atoms with E-state index in [2.05, 4.69) is 4.99 Å². The molecule has 1 N–H and O–H groups in total. The molecule has 0 aliphatic rings. The van der Waals surface area contributed by atoms with Gasteiger partial charge in [0.1, 0.15) is 0 Å². The third-order valence-electron chi connectivity index (χ3n) is 1.00. The maximum atomic E-state index is 10.7. The van der Waals surface area contributed by atoms with Crippen LogP contribution >= 0.6 is 0 Å². The van der Waals surface area contributed by atoms with Crippen LogP contribution in [0.4, 0.5) is 4.79 Å². The summed E-state index contributed by atoms with van der Waals surface area (Å²) in [6.45, 7) is 1.97. The average molecular weight is 144 g/mol. The molecule has 0 spiro atoms. The molecule has 4 heteroatoms. The summed E-state index contributed by atoms with van der Waals surface area (Å²) in [4.78, 5) is 15.6. The maximum Gasteiger partial charge on any atom is 0.342 e. The number of likely N-dealkylation sites (N-methyl/N-ethyl adjacent to an activating group) is 1. The largest absolute Gasteiger partial charge is 0.395 e. The van der Waals surface area contributed by atoms with Gasteiger partial charge in [0, 0.05) is 19.8 Å². The first-order valence-electron chi connectivity index (χ1n) is 3.07. The molecule has 0 aromatic heterocycles. The number of carbonyl (C=O) groups is 1. The molecule has 0 saturated carbocycles. The van der Waals surface area contributed by atoms with E-state index in [0.717, 1.165) is 0 Å². The van der Waals surface area contributed by atoms with Crippen molar-refractivity contribution in [2.45, 2.75) is 6.92 Å². The molecule has 0 heterocycles. The van der Waals surface area contributed by atoms with Crippen LogP contribution in [0.25, 0.3) is 0 Å². The van der Waals surface area contributed by atoms with Gasteiger partial charge >= 0.3 is 6.03 Å². The number of hydrogen-bond donors (Lipinski definition) is 1. The summed E-state index contributed by atoms with van der Waals surface area (Å²) in [6, 6.07) is -0.323. The minimum atomic E-state index is -0.323. The molecule has 0 saturated heterocycles. The zero-order valence-corrected chi connectivity index (χ0v) is 6.24. The van der Waals surface area contributed by atoms with Gasteiger partial charge in [-0.3, -0.25) is 0 Å². The van der Waals surface area contributed by atoms with E-state index in [1.807, 2.05) is 0 Å². The number of amides is 2. The Morgan fingerprint density at radius 2 is 2.40 bits per heavy atom. The Morgan fingerprint density at radius 1 is 1.80 bits per heavy atom. The second kappa shape index (κ2) is 4.93. The van der Waals surface area contributed by atoms with Gasteiger partial charge in [-0.05, 0) is 6.92 Å². The fraction of sp³-hybridized carbons (Fsp3) is 0.667. The van der Waals surface area contributed by atoms with Crippen LogP contribution in [0.5, 0.6) is 0 Å². The first-order chi connectivity index (χ1) is 4.72. The van der Waals surface area contributed by atoms with Gasteiger partial charge in [-0.25, -0.2) is 9.79 Å².